The molecule has 2 aromatic carbocycles. The molecule has 0 aliphatic heterocycles. The summed E-state index contributed by atoms with van der Waals surface area (Å²) in [7, 11) is 0. The third-order valence-corrected chi connectivity index (χ3v) is 6.06. The summed E-state index contributed by atoms with van der Waals surface area (Å²) in [6.07, 6.45) is 0. The molecule has 3 N–H and O–H groups in total. The lowest BCUT2D eigenvalue weighted by atomic mass is 10.2. The Hall–Kier alpha value is -3.23. The van der Waals surface area contributed by atoms with Crippen molar-refractivity contribution in [3.05, 3.63) is 86.7 Å². The molecular weight excluding hydrogens is 474 g/mol. The second-order valence-corrected chi connectivity index (χ2v) is 8.82. The molecule has 0 fully saturated rings. The third-order valence-electron chi connectivity index (χ3n) is 4.37. The first-order valence-electron chi connectivity index (χ1n) is 9.56. The number of nitrogens with one attached hydrogen (secondary N) is 3. The first-order chi connectivity index (χ1) is 14.9. The molecular formula is C23H20BrN5OS. The van der Waals surface area contributed by atoms with Crippen molar-refractivity contribution >= 4 is 62.0 Å². The standard InChI is InChI=1S/C23H20BrN5OS/c1-14-3-5-19(6-4-14)28-23-25-15(2)11-21(29-23)26-17-7-9-18(10-8-17)27-22(30)20-12-16(24)13-31-20/h3-13H,1-2H3,(H,27,30)(H2,25,26,28,29). The number of carbonyl (C=O) groups is 1. The molecule has 31 heavy (non-hydrogen) atoms. The van der Waals surface area contributed by atoms with Crippen LogP contribution in [-0.2, 0) is 0 Å². The molecule has 0 saturated carbocycles. The number of benzene rings is 2. The van der Waals surface area contributed by atoms with Crippen LogP contribution in [0, 0.1) is 13.8 Å². The van der Waals surface area contributed by atoms with Gasteiger partial charge in [0.15, 0.2) is 0 Å². The van der Waals surface area contributed by atoms with Gasteiger partial charge in [0.05, 0.1) is 4.88 Å². The van der Waals surface area contributed by atoms with Crippen LogP contribution >= 0.6 is 27.3 Å². The van der Waals surface area contributed by atoms with Gasteiger partial charge in [-0.3, -0.25) is 4.79 Å². The molecule has 0 aliphatic rings. The maximum absolute atomic E-state index is 12.3. The zero-order valence-corrected chi connectivity index (χ0v) is 19.3. The first kappa shape index (κ1) is 21.0. The highest BCUT2D eigenvalue weighted by Crippen LogP contribution is 2.23. The summed E-state index contributed by atoms with van der Waals surface area (Å²) in [5.41, 5.74) is 4.55. The van der Waals surface area contributed by atoms with Crippen LogP contribution in [0.3, 0.4) is 0 Å². The van der Waals surface area contributed by atoms with Crippen molar-refractivity contribution in [3.8, 4) is 0 Å². The van der Waals surface area contributed by atoms with Crippen LogP contribution in [0.15, 0.2) is 70.5 Å². The average Bonchev–Trinajstić information content (AvgIpc) is 3.17. The van der Waals surface area contributed by atoms with Crippen LogP contribution in [0.2, 0.25) is 0 Å². The van der Waals surface area contributed by atoms with Gasteiger partial charge in [0.2, 0.25) is 5.95 Å². The van der Waals surface area contributed by atoms with Gasteiger partial charge < -0.3 is 16.0 Å². The summed E-state index contributed by atoms with van der Waals surface area (Å²) >= 11 is 4.76. The van der Waals surface area contributed by atoms with E-state index in [4.69, 9.17) is 0 Å². The lowest BCUT2D eigenvalue weighted by molar-refractivity contribution is 0.103. The summed E-state index contributed by atoms with van der Waals surface area (Å²) in [5, 5.41) is 11.3. The van der Waals surface area contributed by atoms with E-state index in [0.29, 0.717) is 16.6 Å². The summed E-state index contributed by atoms with van der Waals surface area (Å²) in [5.74, 6) is 1.08. The SMILES string of the molecule is Cc1ccc(Nc2nc(C)cc(Nc3ccc(NC(=O)c4cc(Br)cs4)cc3)n2)cc1. The summed E-state index contributed by atoms with van der Waals surface area (Å²) in [6, 6.07) is 19.2. The van der Waals surface area contributed by atoms with E-state index < -0.39 is 0 Å². The van der Waals surface area contributed by atoms with Gasteiger partial charge in [-0.2, -0.15) is 4.98 Å². The normalized spacial score (nSPS) is 10.5. The number of amides is 1. The Labute approximate surface area is 192 Å². The fraction of sp³-hybridized carbons (Fsp3) is 0.0870. The van der Waals surface area contributed by atoms with Crippen molar-refractivity contribution in [1.82, 2.24) is 9.97 Å². The van der Waals surface area contributed by atoms with Gasteiger partial charge in [-0.15, -0.1) is 11.3 Å². The highest BCUT2D eigenvalue weighted by molar-refractivity contribution is 9.10. The molecule has 0 atom stereocenters. The van der Waals surface area contributed by atoms with E-state index in [1.807, 2.05) is 73.8 Å². The minimum atomic E-state index is -0.130. The summed E-state index contributed by atoms with van der Waals surface area (Å²) < 4.78 is 0.901. The smallest absolute Gasteiger partial charge is 0.265 e. The molecule has 0 bridgehead atoms. The molecule has 6 nitrogen and oxygen atoms in total. The zero-order valence-electron chi connectivity index (χ0n) is 16.9. The number of aromatic nitrogens is 2. The van der Waals surface area contributed by atoms with Gasteiger partial charge in [0, 0.05) is 38.7 Å². The van der Waals surface area contributed by atoms with Crippen LogP contribution < -0.4 is 16.0 Å². The lowest BCUT2D eigenvalue weighted by Crippen LogP contribution is -2.10. The number of aryl methyl sites for hydroxylation is 2. The third kappa shape index (κ3) is 5.68. The van der Waals surface area contributed by atoms with Gasteiger partial charge in [-0.1, -0.05) is 17.7 Å². The number of thiophene rings is 1. The van der Waals surface area contributed by atoms with E-state index in [0.717, 1.165) is 27.2 Å². The largest absolute Gasteiger partial charge is 0.340 e. The van der Waals surface area contributed by atoms with E-state index in [1.54, 1.807) is 6.07 Å². The van der Waals surface area contributed by atoms with E-state index in [1.165, 1.54) is 16.9 Å². The lowest BCUT2D eigenvalue weighted by Gasteiger charge is -2.11. The molecule has 156 valence electrons. The number of rotatable bonds is 6. The Balaban J connectivity index is 1.43. The summed E-state index contributed by atoms with van der Waals surface area (Å²) in [4.78, 5) is 21.9. The average molecular weight is 494 g/mol. The molecule has 8 heteroatoms. The van der Waals surface area contributed by atoms with Gasteiger partial charge >= 0.3 is 0 Å². The zero-order chi connectivity index (χ0) is 21.8. The monoisotopic (exact) mass is 493 g/mol. The van der Waals surface area contributed by atoms with Gasteiger partial charge in [-0.05, 0) is 72.2 Å². The Morgan fingerprint density at radius 1 is 0.871 bits per heavy atom. The predicted molar refractivity (Wildman–Crippen MR) is 131 cm³/mol. The highest BCUT2D eigenvalue weighted by atomic mass is 79.9. The number of carbonyl (C=O) groups excluding carboxylic acids is 1. The molecule has 0 radical (unpaired) electrons. The van der Waals surface area contributed by atoms with Crippen LogP contribution in [-0.4, -0.2) is 15.9 Å². The van der Waals surface area contributed by atoms with Crippen LogP contribution in [0.25, 0.3) is 0 Å². The van der Waals surface area contributed by atoms with Crippen LogP contribution in [0.1, 0.15) is 20.9 Å². The highest BCUT2D eigenvalue weighted by Gasteiger charge is 2.09. The molecule has 0 aliphatic carbocycles. The van der Waals surface area contributed by atoms with Gasteiger partial charge in [-0.25, -0.2) is 4.98 Å². The maximum atomic E-state index is 12.3. The van der Waals surface area contributed by atoms with Gasteiger partial charge in [0.1, 0.15) is 5.82 Å². The second-order valence-electron chi connectivity index (χ2n) is 6.99. The quantitative estimate of drug-likeness (QED) is 0.280. The minimum Gasteiger partial charge on any atom is -0.340 e. The number of nitrogens with zero attached hydrogens (tertiary/aromatic N) is 2. The predicted octanol–water partition coefficient (Wildman–Crippen LogP) is 6.66. The maximum Gasteiger partial charge on any atom is 0.265 e. The Morgan fingerprint density at radius 3 is 2.19 bits per heavy atom. The molecule has 4 aromatic rings. The summed E-state index contributed by atoms with van der Waals surface area (Å²) in [6.45, 7) is 3.97. The van der Waals surface area contributed by atoms with E-state index in [-0.39, 0.29) is 5.91 Å². The van der Waals surface area contributed by atoms with Crippen molar-refractivity contribution in [1.29, 1.82) is 0 Å². The number of anilines is 5. The first-order valence-corrected chi connectivity index (χ1v) is 11.2. The van der Waals surface area contributed by atoms with E-state index in [9.17, 15) is 4.79 Å². The molecule has 2 heterocycles. The Morgan fingerprint density at radius 2 is 1.52 bits per heavy atom. The van der Waals surface area contributed by atoms with Crippen molar-refractivity contribution in [3.63, 3.8) is 0 Å². The molecule has 1 amide bonds. The molecule has 4 rings (SSSR count). The molecule has 0 unspecified atom stereocenters. The Kier molecular flexibility index (Phi) is 6.29. The topological polar surface area (TPSA) is 78.9 Å². The van der Waals surface area contributed by atoms with E-state index in [2.05, 4.69) is 41.8 Å². The molecule has 2 aromatic heterocycles. The van der Waals surface area contributed by atoms with Crippen molar-refractivity contribution in [2.75, 3.05) is 16.0 Å². The number of hydrogen-bond acceptors (Lipinski definition) is 6. The van der Waals surface area contributed by atoms with Crippen molar-refractivity contribution in [2.24, 2.45) is 0 Å². The van der Waals surface area contributed by atoms with Crippen LogP contribution in [0.5, 0.6) is 0 Å². The van der Waals surface area contributed by atoms with E-state index >= 15 is 0 Å². The molecule has 0 spiro atoms. The number of hydrogen-bond donors (Lipinski definition) is 3. The fourth-order valence-corrected chi connectivity index (χ4v) is 4.19. The Bertz CT molecular complexity index is 1210. The van der Waals surface area contributed by atoms with Crippen LogP contribution in [0.4, 0.5) is 28.8 Å². The minimum absolute atomic E-state index is 0.130. The van der Waals surface area contributed by atoms with Crippen molar-refractivity contribution in [2.45, 2.75) is 13.8 Å². The fourth-order valence-electron chi connectivity index (χ4n) is 2.86. The molecule has 0 saturated heterocycles. The number of halogens is 1. The van der Waals surface area contributed by atoms with Crippen molar-refractivity contribution < 1.29 is 4.79 Å². The van der Waals surface area contributed by atoms with Gasteiger partial charge in [0.25, 0.3) is 5.91 Å². The second kappa shape index (κ2) is 9.28.